The van der Waals surface area contributed by atoms with E-state index < -0.39 is 5.82 Å². The van der Waals surface area contributed by atoms with Crippen LogP contribution in [0.15, 0.2) is 28.9 Å². The van der Waals surface area contributed by atoms with Crippen molar-refractivity contribution in [2.45, 2.75) is 0 Å². The second kappa shape index (κ2) is 3.35. The van der Waals surface area contributed by atoms with E-state index in [4.69, 9.17) is 5.26 Å². The summed E-state index contributed by atoms with van der Waals surface area (Å²) < 4.78 is 14.1. The van der Waals surface area contributed by atoms with E-state index >= 15 is 0 Å². The van der Waals surface area contributed by atoms with Crippen molar-refractivity contribution in [3.05, 3.63) is 40.4 Å². The fraction of sp³-hybridized carbons (Fsp3) is 0. The number of aromatic nitrogens is 1. The number of nitriles is 1. The van der Waals surface area contributed by atoms with Gasteiger partial charge in [0.1, 0.15) is 11.9 Å². The van der Waals surface area contributed by atoms with Gasteiger partial charge in [-0.25, -0.2) is 9.37 Å². The Hall–Kier alpha value is -1.47. The summed E-state index contributed by atoms with van der Waals surface area (Å²) in [4.78, 5) is 3.84. The van der Waals surface area contributed by atoms with Crippen LogP contribution in [0.2, 0.25) is 0 Å². The summed E-state index contributed by atoms with van der Waals surface area (Å²) in [6.45, 7) is 0. The summed E-state index contributed by atoms with van der Waals surface area (Å²) in [7, 11) is 0. The Morgan fingerprint density at radius 2 is 2.21 bits per heavy atom. The molecule has 0 atom stereocenters. The maximum Gasteiger partial charge on any atom is 0.151 e. The Balaban J connectivity index is 3.01. The molecular weight excluding hydrogens is 247 g/mol. The molecule has 0 unspecified atom stereocenters. The molecule has 0 amide bonds. The highest BCUT2D eigenvalue weighted by Gasteiger charge is 2.09. The van der Waals surface area contributed by atoms with Crippen molar-refractivity contribution in [1.82, 2.24) is 4.98 Å². The third-order valence-corrected chi connectivity index (χ3v) is 2.55. The van der Waals surface area contributed by atoms with Gasteiger partial charge in [-0.15, -0.1) is 0 Å². The standard InChI is InChI=1S/C10H4BrFN2/c11-7-5-14-9(4-13)10-6(7)2-1-3-8(10)12/h1-3,5H. The molecule has 0 aliphatic rings. The average molecular weight is 251 g/mol. The summed E-state index contributed by atoms with van der Waals surface area (Å²) in [5.41, 5.74) is 0.112. The van der Waals surface area contributed by atoms with Gasteiger partial charge in [0.15, 0.2) is 5.69 Å². The second-order valence-electron chi connectivity index (χ2n) is 2.73. The van der Waals surface area contributed by atoms with Gasteiger partial charge in [0.05, 0.1) is 5.39 Å². The van der Waals surface area contributed by atoms with E-state index in [-0.39, 0.29) is 11.1 Å². The maximum atomic E-state index is 13.4. The lowest BCUT2D eigenvalue weighted by Gasteiger charge is -2.02. The van der Waals surface area contributed by atoms with Gasteiger partial charge in [-0.3, -0.25) is 0 Å². The van der Waals surface area contributed by atoms with E-state index in [0.29, 0.717) is 9.86 Å². The molecule has 0 aliphatic carbocycles. The zero-order valence-corrected chi connectivity index (χ0v) is 8.55. The van der Waals surface area contributed by atoms with Crippen molar-refractivity contribution < 1.29 is 4.39 Å². The predicted molar refractivity (Wildman–Crippen MR) is 54.1 cm³/mol. The molecule has 0 aliphatic heterocycles. The number of benzene rings is 1. The molecule has 0 bridgehead atoms. The van der Waals surface area contributed by atoms with E-state index in [2.05, 4.69) is 20.9 Å². The van der Waals surface area contributed by atoms with E-state index in [0.717, 1.165) is 0 Å². The molecule has 68 valence electrons. The van der Waals surface area contributed by atoms with Gasteiger partial charge in [0.2, 0.25) is 0 Å². The first kappa shape index (κ1) is 9.10. The Bertz CT molecular complexity index is 546. The minimum Gasteiger partial charge on any atom is -0.244 e. The van der Waals surface area contributed by atoms with Crippen LogP contribution in [-0.4, -0.2) is 4.98 Å². The van der Waals surface area contributed by atoms with Crippen LogP contribution in [0, 0.1) is 17.1 Å². The van der Waals surface area contributed by atoms with E-state index in [1.54, 1.807) is 12.1 Å². The average Bonchev–Trinajstić information content (AvgIpc) is 2.20. The largest absolute Gasteiger partial charge is 0.244 e. The van der Waals surface area contributed by atoms with E-state index in [1.165, 1.54) is 12.3 Å². The SMILES string of the molecule is N#Cc1ncc(Br)c2cccc(F)c12. The van der Waals surface area contributed by atoms with E-state index in [1.807, 2.05) is 6.07 Å². The number of pyridine rings is 1. The predicted octanol–water partition coefficient (Wildman–Crippen LogP) is 3.01. The molecule has 2 nitrogen and oxygen atoms in total. The molecule has 0 N–H and O–H groups in total. The molecule has 0 saturated heterocycles. The van der Waals surface area contributed by atoms with E-state index in [9.17, 15) is 4.39 Å². The highest BCUT2D eigenvalue weighted by Crippen LogP contribution is 2.26. The molecule has 0 spiro atoms. The first-order valence-corrected chi connectivity index (χ1v) is 4.66. The van der Waals surface area contributed by atoms with Crippen molar-refractivity contribution in [2.24, 2.45) is 0 Å². The summed E-state index contributed by atoms with van der Waals surface area (Å²) in [5.74, 6) is -0.423. The van der Waals surface area contributed by atoms with Crippen molar-refractivity contribution in [3.8, 4) is 6.07 Å². The van der Waals surface area contributed by atoms with Crippen molar-refractivity contribution in [2.75, 3.05) is 0 Å². The monoisotopic (exact) mass is 250 g/mol. The lowest BCUT2D eigenvalue weighted by molar-refractivity contribution is 0.639. The van der Waals surface area contributed by atoms with Gasteiger partial charge in [0.25, 0.3) is 0 Å². The quantitative estimate of drug-likeness (QED) is 0.721. The van der Waals surface area contributed by atoms with Crippen LogP contribution in [0.5, 0.6) is 0 Å². The Morgan fingerprint density at radius 1 is 1.43 bits per heavy atom. The normalized spacial score (nSPS) is 10.1. The fourth-order valence-electron chi connectivity index (χ4n) is 1.30. The topological polar surface area (TPSA) is 36.7 Å². The van der Waals surface area contributed by atoms with Crippen molar-refractivity contribution >= 4 is 26.7 Å². The molecule has 2 aromatic rings. The zero-order chi connectivity index (χ0) is 10.1. The number of halogens is 2. The van der Waals surface area contributed by atoms with Gasteiger partial charge in [-0.1, -0.05) is 12.1 Å². The summed E-state index contributed by atoms with van der Waals surface area (Å²) in [6, 6.07) is 6.52. The van der Waals surface area contributed by atoms with Gasteiger partial charge < -0.3 is 0 Å². The first-order valence-electron chi connectivity index (χ1n) is 3.87. The molecule has 1 heterocycles. The molecule has 4 heteroatoms. The summed E-state index contributed by atoms with van der Waals surface area (Å²) in [6.07, 6.45) is 1.50. The number of fused-ring (bicyclic) bond motifs is 1. The third kappa shape index (κ3) is 1.26. The minimum atomic E-state index is -0.423. The Labute approximate surface area is 88.1 Å². The number of hydrogen-bond acceptors (Lipinski definition) is 2. The maximum absolute atomic E-state index is 13.4. The van der Waals surface area contributed by atoms with Crippen LogP contribution in [0.1, 0.15) is 5.69 Å². The van der Waals surface area contributed by atoms with Crippen LogP contribution in [0.4, 0.5) is 4.39 Å². The van der Waals surface area contributed by atoms with Gasteiger partial charge in [-0.05, 0) is 22.0 Å². The second-order valence-corrected chi connectivity index (χ2v) is 3.58. The van der Waals surface area contributed by atoms with Gasteiger partial charge >= 0.3 is 0 Å². The van der Waals surface area contributed by atoms with Crippen molar-refractivity contribution in [3.63, 3.8) is 0 Å². The number of nitrogens with zero attached hydrogens (tertiary/aromatic N) is 2. The van der Waals surface area contributed by atoms with Gasteiger partial charge in [0, 0.05) is 16.1 Å². The van der Waals surface area contributed by atoms with Crippen LogP contribution in [-0.2, 0) is 0 Å². The molecule has 0 saturated carbocycles. The molecule has 0 radical (unpaired) electrons. The molecule has 1 aromatic heterocycles. The fourth-order valence-corrected chi connectivity index (χ4v) is 1.74. The number of hydrogen-bond donors (Lipinski definition) is 0. The molecule has 0 fully saturated rings. The minimum absolute atomic E-state index is 0.112. The molecular formula is C10H4BrFN2. The van der Waals surface area contributed by atoms with Crippen LogP contribution < -0.4 is 0 Å². The molecule has 1 aromatic carbocycles. The summed E-state index contributed by atoms with van der Waals surface area (Å²) >= 11 is 3.26. The third-order valence-electron chi connectivity index (χ3n) is 1.92. The molecule has 2 rings (SSSR count). The highest BCUT2D eigenvalue weighted by molar-refractivity contribution is 9.10. The Morgan fingerprint density at radius 3 is 2.93 bits per heavy atom. The van der Waals surface area contributed by atoms with Gasteiger partial charge in [-0.2, -0.15) is 5.26 Å². The smallest absolute Gasteiger partial charge is 0.151 e. The zero-order valence-electron chi connectivity index (χ0n) is 6.96. The molecule has 14 heavy (non-hydrogen) atoms. The summed E-state index contributed by atoms with van der Waals surface area (Å²) in [5, 5.41) is 9.69. The van der Waals surface area contributed by atoms with Crippen LogP contribution >= 0.6 is 15.9 Å². The van der Waals surface area contributed by atoms with Crippen LogP contribution in [0.3, 0.4) is 0 Å². The lowest BCUT2D eigenvalue weighted by atomic mass is 10.1. The van der Waals surface area contributed by atoms with Crippen LogP contribution in [0.25, 0.3) is 10.8 Å². The highest BCUT2D eigenvalue weighted by atomic mass is 79.9. The Kier molecular flexibility index (Phi) is 2.18. The first-order chi connectivity index (χ1) is 6.74. The lowest BCUT2D eigenvalue weighted by Crippen LogP contribution is -1.89. The number of rotatable bonds is 0. The van der Waals surface area contributed by atoms with Crippen molar-refractivity contribution in [1.29, 1.82) is 5.26 Å².